The van der Waals surface area contributed by atoms with Crippen molar-refractivity contribution in [1.82, 2.24) is 9.97 Å². The molecule has 3 rings (SSSR count). The molecular weight excluding hydrogens is 322 g/mol. The molecule has 0 atom stereocenters. The summed E-state index contributed by atoms with van der Waals surface area (Å²) >= 11 is 1.28. The molecule has 0 radical (unpaired) electrons. The molecule has 0 amide bonds. The molecule has 1 N–H and O–H groups in total. The first kappa shape index (κ1) is 16.0. The first-order valence-corrected chi connectivity index (χ1v) is 8.02. The molecule has 0 fully saturated rings. The number of allylic oxidation sites excluding steroid dienone is 1. The van der Waals surface area contributed by atoms with Gasteiger partial charge in [-0.1, -0.05) is 24.3 Å². The second-order valence-electron chi connectivity index (χ2n) is 4.86. The largest absolute Gasteiger partial charge is 0.493 e. The molecule has 0 saturated carbocycles. The van der Waals surface area contributed by atoms with Crippen molar-refractivity contribution in [3.63, 3.8) is 0 Å². The second kappa shape index (κ2) is 7.11. The fourth-order valence-electron chi connectivity index (χ4n) is 2.33. The molecule has 0 aliphatic heterocycles. The summed E-state index contributed by atoms with van der Waals surface area (Å²) in [7, 11) is 3.16. The van der Waals surface area contributed by atoms with E-state index in [1.807, 2.05) is 42.5 Å². The molecule has 2 aromatic carbocycles. The van der Waals surface area contributed by atoms with Crippen molar-refractivity contribution in [2.45, 2.75) is 5.16 Å². The molecule has 0 saturated heterocycles. The number of ether oxygens (including phenoxy) is 2. The summed E-state index contributed by atoms with van der Waals surface area (Å²) in [6, 6.07) is 15.5. The van der Waals surface area contributed by atoms with Gasteiger partial charge in [-0.2, -0.15) is 5.26 Å². The van der Waals surface area contributed by atoms with Crippen LogP contribution in [0.3, 0.4) is 0 Å². The van der Waals surface area contributed by atoms with E-state index in [0.717, 1.165) is 16.6 Å². The van der Waals surface area contributed by atoms with E-state index < -0.39 is 0 Å². The number of aromatic amines is 1. The van der Waals surface area contributed by atoms with Crippen LogP contribution in [0.1, 0.15) is 5.56 Å². The van der Waals surface area contributed by atoms with Crippen LogP contribution in [-0.4, -0.2) is 24.2 Å². The van der Waals surface area contributed by atoms with Crippen LogP contribution in [0.15, 0.2) is 52.5 Å². The molecule has 1 aromatic heterocycles. The number of hydrogen-bond acceptors (Lipinski definition) is 5. The summed E-state index contributed by atoms with van der Waals surface area (Å²) in [5.41, 5.74) is 2.59. The van der Waals surface area contributed by atoms with Crippen LogP contribution < -0.4 is 9.47 Å². The number of aromatic nitrogens is 2. The SMILES string of the molecule is COc1cccc(/C=C(\C#N)Sc2nc3ccccc3[nH]2)c1OC. The summed E-state index contributed by atoms with van der Waals surface area (Å²) in [5.74, 6) is 1.22. The Hall–Kier alpha value is -2.91. The zero-order valence-corrected chi connectivity index (χ0v) is 14.1. The van der Waals surface area contributed by atoms with Gasteiger partial charge in [-0.25, -0.2) is 4.98 Å². The van der Waals surface area contributed by atoms with Crippen LogP contribution >= 0.6 is 11.8 Å². The molecule has 0 aliphatic carbocycles. The van der Waals surface area contributed by atoms with E-state index in [0.29, 0.717) is 21.6 Å². The summed E-state index contributed by atoms with van der Waals surface area (Å²) in [6.45, 7) is 0. The Kier molecular flexibility index (Phi) is 4.73. The third kappa shape index (κ3) is 3.21. The first-order chi connectivity index (χ1) is 11.7. The number of thioether (sulfide) groups is 1. The van der Waals surface area contributed by atoms with Crippen LogP contribution in [-0.2, 0) is 0 Å². The number of nitrogens with zero attached hydrogens (tertiary/aromatic N) is 2. The van der Waals surface area contributed by atoms with Gasteiger partial charge in [-0.05, 0) is 36.0 Å². The molecular formula is C18H15N3O2S. The molecule has 0 spiro atoms. The van der Waals surface area contributed by atoms with E-state index in [2.05, 4.69) is 16.0 Å². The van der Waals surface area contributed by atoms with Gasteiger partial charge >= 0.3 is 0 Å². The summed E-state index contributed by atoms with van der Waals surface area (Å²) in [4.78, 5) is 8.18. The molecule has 24 heavy (non-hydrogen) atoms. The lowest BCUT2D eigenvalue weighted by Gasteiger charge is -2.10. The van der Waals surface area contributed by atoms with Crippen molar-refractivity contribution in [1.29, 1.82) is 5.26 Å². The molecule has 1 heterocycles. The lowest BCUT2D eigenvalue weighted by molar-refractivity contribution is 0.354. The maximum absolute atomic E-state index is 9.46. The minimum absolute atomic E-state index is 0.501. The number of H-pyrrole nitrogens is 1. The monoisotopic (exact) mass is 337 g/mol. The fourth-order valence-corrected chi connectivity index (χ4v) is 3.08. The molecule has 0 unspecified atom stereocenters. The number of para-hydroxylation sites is 3. The average molecular weight is 337 g/mol. The lowest BCUT2D eigenvalue weighted by Crippen LogP contribution is -1.92. The van der Waals surface area contributed by atoms with Gasteiger partial charge in [0.25, 0.3) is 0 Å². The fraction of sp³-hybridized carbons (Fsp3) is 0.111. The molecule has 3 aromatic rings. The van der Waals surface area contributed by atoms with Gasteiger partial charge < -0.3 is 14.5 Å². The quantitative estimate of drug-likeness (QED) is 0.557. The van der Waals surface area contributed by atoms with E-state index in [1.165, 1.54) is 11.8 Å². The third-order valence-electron chi connectivity index (χ3n) is 3.40. The summed E-state index contributed by atoms with van der Waals surface area (Å²) in [5, 5.41) is 10.1. The van der Waals surface area contributed by atoms with E-state index in [-0.39, 0.29) is 0 Å². The second-order valence-corrected chi connectivity index (χ2v) is 5.89. The standard InChI is InChI=1S/C18H15N3O2S/c1-22-16-9-5-6-12(17(16)23-2)10-13(11-19)24-18-20-14-7-3-4-8-15(14)21-18/h3-10H,1-2H3,(H,20,21)/b13-10+. The van der Waals surface area contributed by atoms with E-state index >= 15 is 0 Å². The highest BCUT2D eigenvalue weighted by Crippen LogP contribution is 2.34. The topological polar surface area (TPSA) is 70.9 Å². The zero-order valence-electron chi connectivity index (χ0n) is 13.2. The first-order valence-electron chi connectivity index (χ1n) is 7.20. The summed E-state index contributed by atoms with van der Waals surface area (Å²) < 4.78 is 10.7. The van der Waals surface area contributed by atoms with Gasteiger partial charge in [0.1, 0.15) is 6.07 Å². The van der Waals surface area contributed by atoms with Gasteiger partial charge in [0.15, 0.2) is 16.7 Å². The molecule has 0 bridgehead atoms. The predicted molar refractivity (Wildman–Crippen MR) is 95.1 cm³/mol. The average Bonchev–Trinajstić information content (AvgIpc) is 3.03. The van der Waals surface area contributed by atoms with Crippen molar-refractivity contribution in [2.75, 3.05) is 14.2 Å². The van der Waals surface area contributed by atoms with Gasteiger partial charge in [-0.15, -0.1) is 0 Å². The van der Waals surface area contributed by atoms with Crippen molar-refractivity contribution in [3.8, 4) is 17.6 Å². The normalized spacial score (nSPS) is 11.3. The third-order valence-corrected chi connectivity index (χ3v) is 4.22. The van der Waals surface area contributed by atoms with Crippen molar-refractivity contribution in [3.05, 3.63) is 52.9 Å². The number of methoxy groups -OCH3 is 2. The number of nitrogens with one attached hydrogen (secondary N) is 1. The Morgan fingerprint density at radius 2 is 2.00 bits per heavy atom. The molecule has 6 heteroatoms. The number of fused-ring (bicyclic) bond motifs is 1. The Bertz CT molecular complexity index is 908. The highest BCUT2D eigenvalue weighted by atomic mass is 32.2. The van der Waals surface area contributed by atoms with Crippen LogP contribution in [0, 0.1) is 11.3 Å². The van der Waals surface area contributed by atoms with Gasteiger partial charge in [0.2, 0.25) is 0 Å². The highest BCUT2D eigenvalue weighted by Gasteiger charge is 2.11. The van der Waals surface area contributed by atoms with Gasteiger partial charge in [-0.3, -0.25) is 0 Å². The molecule has 120 valence electrons. The maximum atomic E-state index is 9.46. The predicted octanol–water partition coefficient (Wildman–Crippen LogP) is 4.24. The van der Waals surface area contributed by atoms with Crippen LogP contribution in [0.4, 0.5) is 0 Å². The minimum Gasteiger partial charge on any atom is -0.493 e. The summed E-state index contributed by atoms with van der Waals surface area (Å²) in [6.07, 6.45) is 1.76. The minimum atomic E-state index is 0.501. The van der Waals surface area contributed by atoms with E-state index in [4.69, 9.17) is 9.47 Å². The number of rotatable bonds is 5. The van der Waals surface area contributed by atoms with Crippen molar-refractivity contribution >= 4 is 28.9 Å². The zero-order chi connectivity index (χ0) is 16.9. The van der Waals surface area contributed by atoms with Crippen LogP contribution in [0.2, 0.25) is 0 Å². The Morgan fingerprint density at radius 1 is 1.17 bits per heavy atom. The Morgan fingerprint density at radius 3 is 2.71 bits per heavy atom. The van der Waals surface area contributed by atoms with Crippen molar-refractivity contribution in [2.24, 2.45) is 0 Å². The smallest absolute Gasteiger partial charge is 0.171 e. The Labute approximate surface area is 143 Å². The maximum Gasteiger partial charge on any atom is 0.171 e. The molecule has 5 nitrogen and oxygen atoms in total. The highest BCUT2D eigenvalue weighted by molar-refractivity contribution is 8.03. The van der Waals surface area contributed by atoms with Gasteiger partial charge in [0.05, 0.1) is 30.2 Å². The number of nitriles is 1. The van der Waals surface area contributed by atoms with Crippen molar-refractivity contribution < 1.29 is 9.47 Å². The number of hydrogen-bond donors (Lipinski definition) is 1. The Balaban J connectivity index is 1.94. The number of imidazole rings is 1. The van der Waals surface area contributed by atoms with E-state index in [1.54, 1.807) is 20.3 Å². The number of benzene rings is 2. The van der Waals surface area contributed by atoms with Gasteiger partial charge in [0, 0.05) is 5.56 Å². The lowest BCUT2D eigenvalue weighted by atomic mass is 10.1. The van der Waals surface area contributed by atoms with Crippen LogP contribution in [0.25, 0.3) is 17.1 Å². The van der Waals surface area contributed by atoms with Crippen LogP contribution in [0.5, 0.6) is 11.5 Å². The molecule has 0 aliphatic rings. The van der Waals surface area contributed by atoms with E-state index in [9.17, 15) is 5.26 Å².